The lowest BCUT2D eigenvalue weighted by atomic mass is 9.87. The van der Waals surface area contributed by atoms with Crippen LogP contribution in [-0.2, 0) is 4.79 Å². The molecule has 1 aliphatic rings. The van der Waals surface area contributed by atoms with Crippen LogP contribution >= 0.6 is 0 Å². The minimum atomic E-state index is -0.359. The molecule has 0 radical (unpaired) electrons. The highest BCUT2D eigenvalue weighted by Gasteiger charge is 2.23. The zero-order chi connectivity index (χ0) is 11.4. The molecule has 3 heteroatoms. The van der Waals surface area contributed by atoms with Crippen molar-refractivity contribution < 1.29 is 4.79 Å². The van der Waals surface area contributed by atoms with Gasteiger partial charge in [0.15, 0.2) is 0 Å². The minimum absolute atomic E-state index is 0.0177. The van der Waals surface area contributed by atoms with Crippen LogP contribution in [0, 0.1) is 11.8 Å². The van der Waals surface area contributed by atoms with Crippen molar-refractivity contribution >= 4 is 5.91 Å². The number of amides is 1. The van der Waals surface area contributed by atoms with Crippen molar-refractivity contribution in [2.75, 3.05) is 0 Å². The SMILES string of the molecule is CC1CCCC(NC(=O)C(N)C(C)C)C1. The summed E-state index contributed by atoms with van der Waals surface area (Å²) in [5.41, 5.74) is 5.80. The van der Waals surface area contributed by atoms with Gasteiger partial charge in [0.25, 0.3) is 0 Å². The van der Waals surface area contributed by atoms with Crippen molar-refractivity contribution in [3.8, 4) is 0 Å². The molecule has 0 aliphatic heterocycles. The lowest BCUT2D eigenvalue weighted by molar-refractivity contribution is -0.124. The van der Waals surface area contributed by atoms with Crippen LogP contribution in [0.5, 0.6) is 0 Å². The second-order valence-electron chi connectivity index (χ2n) is 5.25. The van der Waals surface area contributed by atoms with E-state index in [0.717, 1.165) is 18.8 Å². The zero-order valence-corrected chi connectivity index (χ0v) is 10.1. The summed E-state index contributed by atoms with van der Waals surface area (Å²) < 4.78 is 0. The minimum Gasteiger partial charge on any atom is -0.352 e. The monoisotopic (exact) mass is 212 g/mol. The Hall–Kier alpha value is -0.570. The number of hydrogen-bond acceptors (Lipinski definition) is 2. The Balaban J connectivity index is 2.37. The summed E-state index contributed by atoms with van der Waals surface area (Å²) in [6.07, 6.45) is 4.74. The van der Waals surface area contributed by atoms with E-state index in [2.05, 4.69) is 12.2 Å². The van der Waals surface area contributed by atoms with Gasteiger partial charge in [-0.2, -0.15) is 0 Å². The summed E-state index contributed by atoms with van der Waals surface area (Å²) in [7, 11) is 0. The summed E-state index contributed by atoms with van der Waals surface area (Å²) in [6.45, 7) is 6.21. The van der Waals surface area contributed by atoms with Crippen molar-refractivity contribution in [2.24, 2.45) is 17.6 Å². The first kappa shape index (κ1) is 12.5. The second-order valence-corrected chi connectivity index (χ2v) is 5.25. The molecule has 0 aromatic carbocycles. The van der Waals surface area contributed by atoms with E-state index in [9.17, 15) is 4.79 Å². The maximum absolute atomic E-state index is 11.7. The zero-order valence-electron chi connectivity index (χ0n) is 10.1. The molecule has 3 unspecified atom stereocenters. The molecule has 1 aliphatic carbocycles. The van der Waals surface area contributed by atoms with E-state index in [0.29, 0.717) is 6.04 Å². The predicted octanol–water partition coefficient (Wildman–Crippen LogP) is 1.66. The highest BCUT2D eigenvalue weighted by molar-refractivity contribution is 5.82. The molecule has 15 heavy (non-hydrogen) atoms. The average molecular weight is 212 g/mol. The third kappa shape index (κ3) is 3.82. The van der Waals surface area contributed by atoms with Crippen molar-refractivity contribution in [1.29, 1.82) is 0 Å². The molecule has 0 spiro atoms. The Kier molecular flexibility index (Phi) is 4.58. The van der Waals surface area contributed by atoms with E-state index in [1.165, 1.54) is 12.8 Å². The Morgan fingerprint density at radius 2 is 2.07 bits per heavy atom. The number of hydrogen-bond donors (Lipinski definition) is 2. The van der Waals surface area contributed by atoms with Crippen LogP contribution < -0.4 is 11.1 Å². The molecule has 88 valence electrons. The van der Waals surface area contributed by atoms with Gasteiger partial charge in [-0.05, 0) is 24.7 Å². The van der Waals surface area contributed by atoms with E-state index in [1.54, 1.807) is 0 Å². The molecule has 3 nitrogen and oxygen atoms in total. The molecule has 0 bridgehead atoms. The van der Waals surface area contributed by atoms with Crippen LogP contribution in [0.3, 0.4) is 0 Å². The lowest BCUT2D eigenvalue weighted by Crippen LogP contribution is -2.48. The first-order valence-corrected chi connectivity index (χ1v) is 6.06. The molecule has 1 rings (SSSR count). The summed E-state index contributed by atoms with van der Waals surface area (Å²) in [5.74, 6) is 0.967. The molecule has 0 saturated heterocycles. The highest BCUT2D eigenvalue weighted by atomic mass is 16.2. The van der Waals surface area contributed by atoms with Gasteiger partial charge in [-0.15, -0.1) is 0 Å². The fourth-order valence-electron chi connectivity index (χ4n) is 2.17. The fourth-order valence-corrected chi connectivity index (χ4v) is 2.17. The molecule has 0 aromatic rings. The van der Waals surface area contributed by atoms with Crippen molar-refractivity contribution in [2.45, 2.75) is 58.5 Å². The summed E-state index contributed by atoms with van der Waals surface area (Å²) >= 11 is 0. The van der Waals surface area contributed by atoms with Gasteiger partial charge in [-0.25, -0.2) is 0 Å². The van der Waals surface area contributed by atoms with E-state index in [-0.39, 0.29) is 17.9 Å². The molecular weight excluding hydrogens is 188 g/mol. The van der Waals surface area contributed by atoms with Crippen LogP contribution in [0.25, 0.3) is 0 Å². The Bertz CT molecular complexity index is 216. The molecule has 0 aromatic heterocycles. The molecule has 0 heterocycles. The number of carbonyl (C=O) groups is 1. The summed E-state index contributed by atoms with van der Waals surface area (Å²) in [6, 6.07) is -0.00622. The standard InChI is InChI=1S/C12H24N2O/c1-8(2)11(13)12(15)14-10-6-4-5-9(3)7-10/h8-11H,4-7,13H2,1-3H3,(H,14,15). The number of rotatable bonds is 3. The van der Waals surface area contributed by atoms with E-state index >= 15 is 0 Å². The highest BCUT2D eigenvalue weighted by Crippen LogP contribution is 2.23. The number of carbonyl (C=O) groups excluding carboxylic acids is 1. The first-order valence-electron chi connectivity index (χ1n) is 6.06. The van der Waals surface area contributed by atoms with E-state index in [4.69, 9.17) is 5.73 Å². The van der Waals surface area contributed by atoms with Gasteiger partial charge >= 0.3 is 0 Å². The summed E-state index contributed by atoms with van der Waals surface area (Å²) in [4.78, 5) is 11.7. The largest absolute Gasteiger partial charge is 0.352 e. The normalized spacial score (nSPS) is 28.9. The molecule has 3 atom stereocenters. The predicted molar refractivity (Wildman–Crippen MR) is 62.4 cm³/mol. The van der Waals surface area contributed by atoms with Gasteiger partial charge in [0.1, 0.15) is 0 Å². The molecule has 1 amide bonds. The number of nitrogens with one attached hydrogen (secondary N) is 1. The van der Waals surface area contributed by atoms with Crippen LogP contribution in [0.2, 0.25) is 0 Å². The molecular formula is C12H24N2O. The van der Waals surface area contributed by atoms with Gasteiger partial charge in [0.2, 0.25) is 5.91 Å². The maximum Gasteiger partial charge on any atom is 0.237 e. The van der Waals surface area contributed by atoms with E-state index in [1.807, 2.05) is 13.8 Å². The molecule has 1 fully saturated rings. The molecule has 1 saturated carbocycles. The van der Waals surface area contributed by atoms with Crippen LogP contribution in [0.4, 0.5) is 0 Å². The van der Waals surface area contributed by atoms with Gasteiger partial charge in [-0.1, -0.05) is 33.6 Å². The second kappa shape index (κ2) is 5.50. The quantitative estimate of drug-likeness (QED) is 0.747. The van der Waals surface area contributed by atoms with Crippen molar-refractivity contribution in [3.05, 3.63) is 0 Å². The third-order valence-electron chi connectivity index (χ3n) is 3.30. The van der Waals surface area contributed by atoms with Gasteiger partial charge in [0.05, 0.1) is 6.04 Å². The van der Waals surface area contributed by atoms with Gasteiger partial charge in [-0.3, -0.25) is 4.79 Å². The van der Waals surface area contributed by atoms with Crippen LogP contribution in [0.1, 0.15) is 46.5 Å². The number of nitrogens with two attached hydrogens (primary N) is 1. The summed E-state index contributed by atoms with van der Waals surface area (Å²) in [5, 5.41) is 3.07. The Morgan fingerprint density at radius 3 is 2.60 bits per heavy atom. The van der Waals surface area contributed by atoms with Crippen LogP contribution in [-0.4, -0.2) is 18.0 Å². The first-order chi connectivity index (χ1) is 7.00. The van der Waals surface area contributed by atoms with Crippen molar-refractivity contribution in [1.82, 2.24) is 5.32 Å². The van der Waals surface area contributed by atoms with Gasteiger partial charge in [0, 0.05) is 6.04 Å². The van der Waals surface area contributed by atoms with Crippen LogP contribution in [0.15, 0.2) is 0 Å². The van der Waals surface area contributed by atoms with Gasteiger partial charge < -0.3 is 11.1 Å². The van der Waals surface area contributed by atoms with Crippen molar-refractivity contribution in [3.63, 3.8) is 0 Å². The molecule has 3 N–H and O–H groups in total. The smallest absolute Gasteiger partial charge is 0.237 e. The average Bonchev–Trinajstić information content (AvgIpc) is 2.16. The third-order valence-corrected chi connectivity index (χ3v) is 3.30. The Morgan fingerprint density at radius 1 is 1.40 bits per heavy atom. The fraction of sp³-hybridized carbons (Fsp3) is 0.917. The lowest BCUT2D eigenvalue weighted by Gasteiger charge is -2.29. The maximum atomic E-state index is 11.7. The topological polar surface area (TPSA) is 55.1 Å². The Labute approximate surface area is 92.8 Å². The van der Waals surface area contributed by atoms with E-state index < -0.39 is 0 Å².